The maximum absolute atomic E-state index is 13.2. The average Bonchev–Trinajstić information content (AvgIpc) is 2.86. The normalized spacial score (nSPS) is 17.0. The summed E-state index contributed by atoms with van der Waals surface area (Å²) in [5.41, 5.74) is 4.12. The largest absolute Gasteiger partial charge is 0.497 e. The van der Waals surface area contributed by atoms with Gasteiger partial charge in [-0.25, -0.2) is 0 Å². The van der Waals surface area contributed by atoms with E-state index in [-0.39, 0.29) is 5.91 Å². The Balaban J connectivity index is 1.30. The van der Waals surface area contributed by atoms with Crippen molar-refractivity contribution >= 4 is 5.91 Å². The highest BCUT2D eigenvalue weighted by molar-refractivity contribution is 5.76. The van der Waals surface area contributed by atoms with Crippen LogP contribution in [0.15, 0.2) is 48.5 Å². The molecule has 2 aliphatic rings. The zero-order valence-electron chi connectivity index (χ0n) is 19.3. The molecule has 1 saturated heterocycles. The summed E-state index contributed by atoms with van der Waals surface area (Å²) in [4.78, 5) is 17.9. The van der Waals surface area contributed by atoms with Gasteiger partial charge >= 0.3 is 0 Å². The maximum atomic E-state index is 13.2. The van der Waals surface area contributed by atoms with Crippen LogP contribution in [0.4, 0.5) is 0 Å². The van der Waals surface area contributed by atoms with Gasteiger partial charge in [0.15, 0.2) is 0 Å². The predicted molar refractivity (Wildman–Crippen MR) is 127 cm³/mol. The fraction of sp³-hybridized carbons (Fsp3) is 0.519. The summed E-state index contributed by atoms with van der Waals surface area (Å²) in [6, 6.07) is 17.1. The molecule has 1 fully saturated rings. The lowest BCUT2D eigenvalue weighted by Crippen LogP contribution is -2.45. The molecule has 0 N–H and O–H groups in total. The number of amides is 1. The third kappa shape index (κ3) is 6.11. The molecule has 5 heteroatoms. The first kappa shape index (κ1) is 22.8. The van der Waals surface area contributed by atoms with Crippen molar-refractivity contribution in [1.29, 1.82) is 0 Å². The van der Waals surface area contributed by atoms with Crippen molar-refractivity contribution in [3.05, 3.63) is 65.2 Å². The van der Waals surface area contributed by atoms with Gasteiger partial charge < -0.3 is 14.4 Å². The Hall–Kier alpha value is -2.37. The Labute approximate surface area is 192 Å². The molecule has 2 aromatic rings. The molecule has 172 valence electrons. The molecule has 2 aliphatic heterocycles. The van der Waals surface area contributed by atoms with Gasteiger partial charge in [-0.2, -0.15) is 0 Å². The highest BCUT2D eigenvalue weighted by Crippen LogP contribution is 2.21. The number of benzene rings is 2. The minimum Gasteiger partial charge on any atom is -0.497 e. The Bertz CT molecular complexity index is 861. The molecule has 4 rings (SSSR count). The second-order valence-corrected chi connectivity index (χ2v) is 8.93. The Morgan fingerprint density at radius 3 is 2.59 bits per heavy atom. The number of nitrogens with zero attached hydrogens (tertiary/aromatic N) is 2. The zero-order chi connectivity index (χ0) is 22.2. The van der Waals surface area contributed by atoms with Crippen LogP contribution in [0.1, 0.15) is 42.4 Å². The number of methoxy groups -OCH3 is 1. The van der Waals surface area contributed by atoms with E-state index in [4.69, 9.17) is 9.47 Å². The summed E-state index contributed by atoms with van der Waals surface area (Å²) in [6.45, 7) is 5.54. The standard InChI is InChI=1S/C27H36N2O3/c1-31-26-10-7-22(8-11-26)9-12-27(30)29(25-14-19-32-20-15-25)17-4-16-28-18-13-23-5-2-3-6-24(23)21-28/h2-3,5-8,10-11,25H,4,9,12-21H2,1H3. The molecule has 0 spiro atoms. The number of carbonyl (C=O) groups excluding carboxylic acids is 1. The van der Waals surface area contributed by atoms with Crippen molar-refractivity contribution in [2.45, 2.75) is 51.1 Å². The first-order valence-electron chi connectivity index (χ1n) is 12.0. The summed E-state index contributed by atoms with van der Waals surface area (Å²) in [5.74, 6) is 1.13. The van der Waals surface area contributed by atoms with Crippen LogP contribution in [0.25, 0.3) is 0 Å². The van der Waals surface area contributed by atoms with Crippen LogP contribution >= 0.6 is 0 Å². The van der Waals surface area contributed by atoms with Crippen LogP contribution in [0.2, 0.25) is 0 Å². The van der Waals surface area contributed by atoms with Crippen LogP contribution in [0, 0.1) is 0 Å². The number of ether oxygens (including phenoxy) is 2. The van der Waals surface area contributed by atoms with Crippen LogP contribution in [0.3, 0.4) is 0 Å². The van der Waals surface area contributed by atoms with Crippen molar-refractivity contribution in [3.8, 4) is 5.75 Å². The van der Waals surface area contributed by atoms with Crippen molar-refractivity contribution in [2.75, 3.05) is 40.0 Å². The first-order chi connectivity index (χ1) is 15.7. The Kier molecular flexibility index (Phi) is 8.18. The molecule has 0 atom stereocenters. The number of carbonyl (C=O) groups is 1. The van der Waals surface area contributed by atoms with E-state index in [2.05, 4.69) is 46.2 Å². The van der Waals surface area contributed by atoms with Crippen molar-refractivity contribution < 1.29 is 14.3 Å². The predicted octanol–water partition coefficient (Wildman–Crippen LogP) is 4.08. The second kappa shape index (κ2) is 11.5. The number of hydrogen-bond donors (Lipinski definition) is 0. The van der Waals surface area contributed by atoms with Gasteiger partial charge in [-0.1, -0.05) is 36.4 Å². The molecular weight excluding hydrogens is 400 g/mol. The number of aryl methyl sites for hydroxylation is 1. The minimum atomic E-state index is 0.275. The minimum absolute atomic E-state index is 0.275. The van der Waals surface area contributed by atoms with E-state index in [0.717, 1.165) is 77.2 Å². The van der Waals surface area contributed by atoms with E-state index in [1.807, 2.05) is 12.1 Å². The summed E-state index contributed by atoms with van der Waals surface area (Å²) in [5, 5.41) is 0. The van der Waals surface area contributed by atoms with Gasteiger partial charge in [0.2, 0.25) is 5.91 Å². The molecule has 0 bridgehead atoms. The lowest BCUT2D eigenvalue weighted by atomic mass is 10.00. The lowest BCUT2D eigenvalue weighted by molar-refractivity contribution is -0.135. The van der Waals surface area contributed by atoms with Crippen LogP contribution < -0.4 is 4.74 Å². The molecule has 0 aromatic heterocycles. The third-order valence-corrected chi connectivity index (χ3v) is 6.82. The van der Waals surface area contributed by atoms with E-state index in [1.54, 1.807) is 7.11 Å². The van der Waals surface area contributed by atoms with E-state index in [0.29, 0.717) is 12.5 Å². The quantitative estimate of drug-likeness (QED) is 0.594. The van der Waals surface area contributed by atoms with Gasteiger partial charge in [-0.15, -0.1) is 0 Å². The van der Waals surface area contributed by atoms with Crippen molar-refractivity contribution in [1.82, 2.24) is 9.80 Å². The van der Waals surface area contributed by atoms with Crippen LogP contribution in [-0.4, -0.2) is 61.7 Å². The molecule has 0 unspecified atom stereocenters. The lowest BCUT2D eigenvalue weighted by Gasteiger charge is -2.35. The molecule has 2 aromatic carbocycles. The Morgan fingerprint density at radius 2 is 1.84 bits per heavy atom. The molecule has 32 heavy (non-hydrogen) atoms. The molecule has 0 radical (unpaired) electrons. The van der Waals surface area contributed by atoms with E-state index in [9.17, 15) is 4.79 Å². The van der Waals surface area contributed by atoms with Gasteiger partial charge in [0.05, 0.1) is 7.11 Å². The van der Waals surface area contributed by atoms with Gasteiger partial charge in [0.25, 0.3) is 0 Å². The summed E-state index contributed by atoms with van der Waals surface area (Å²) >= 11 is 0. The van der Waals surface area contributed by atoms with E-state index < -0.39 is 0 Å². The highest BCUT2D eigenvalue weighted by atomic mass is 16.5. The summed E-state index contributed by atoms with van der Waals surface area (Å²) < 4.78 is 10.8. The molecule has 0 aliphatic carbocycles. The molecule has 0 saturated carbocycles. The fourth-order valence-corrected chi connectivity index (χ4v) is 4.90. The van der Waals surface area contributed by atoms with Gasteiger partial charge in [0.1, 0.15) is 5.75 Å². The number of fused-ring (bicyclic) bond motifs is 1. The summed E-state index contributed by atoms with van der Waals surface area (Å²) in [7, 11) is 1.67. The molecular formula is C27H36N2O3. The fourth-order valence-electron chi connectivity index (χ4n) is 4.90. The Morgan fingerprint density at radius 1 is 1.09 bits per heavy atom. The average molecular weight is 437 g/mol. The zero-order valence-corrected chi connectivity index (χ0v) is 19.3. The van der Waals surface area contributed by atoms with Crippen LogP contribution in [-0.2, 0) is 28.9 Å². The van der Waals surface area contributed by atoms with Gasteiger partial charge in [0, 0.05) is 51.9 Å². The second-order valence-electron chi connectivity index (χ2n) is 8.93. The van der Waals surface area contributed by atoms with Gasteiger partial charge in [-0.05, 0) is 60.9 Å². The number of rotatable bonds is 9. The SMILES string of the molecule is COc1ccc(CCC(=O)N(CCCN2CCc3ccccc3C2)C2CCOCC2)cc1. The van der Waals surface area contributed by atoms with Gasteiger partial charge in [-0.3, -0.25) is 9.69 Å². The first-order valence-corrected chi connectivity index (χ1v) is 12.0. The van der Waals surface area contributed by atoms with E-state index >= 15 is 0 Å². The summed E-state index contributed by atoms with van der Waals surface area (Å²) in [6.07, 6.45) is 5.37. The number of hydrogen-bond acceptors (Lipinski definition) is 4. The van der Waals surface area contributed by atoms with Crippen molar-refractivity contribution in [3.63, 3.8) is 0 Å². The monoisotopic (exact) mass is 436 g/mol. The smallest absolute Gasteiger partial charge is 0.223 e. The maximum Gasteiger partial charge on any atom is 0.223 e. The van der Waals surface area contributed by atoms with E-state index in [1.165, 1.54) is 16.7 Å². The highest BCUT2D eigenvalue weighted by Gasteiger charge is 2.25. The topological polar surface area (TPSA) is 42.0 Å². The molecule has 1 amide bonds. The van der Waals surface area contributed by atoms with Crippen LogP contribution in [0.5, 0.6) is 5.75 Å². The molecule has 2 heterocycles. The van der Waals surface area contributed by atoms with Crippen molar-refractivity contribution in [2.24, 2.45) is 0 Å². The molecule has 5 nitrogen and oxygen atoms in total. The third-order valence-electron chi connectivity index (χ3n) is 6.82.